The van der Waals surface area contributed by atoms with Crippen molar-refractivity contribution < 1.29 is 4.79 Å². The van der Waals surface area contributed by atoms with Gasteiger partial charge < -0.3 is 4.90 Å². The molecule has 0 saturated heterocycles. The monoisotopic (exact) mass is 199 g/mol. The minimum absolute atomic E-state index is 0.208. The van der Waals surface area contributed by atoms with Crippen LogP contribution in [0, 0.1) is 17.3 Å². The van der Waals surface area contributed by atoms with Crippen molar-refractivity contribution in [2.45, 2.75) is 41.0 Å². The van der Waals surface area contributed by atoms with Gasteiger partial charge in [-0.25, -0.2) is 0 Å². The zero-order valence-corrected chi connectivity index (χ0v) is 10.7. The predicted molar refractivity (Wildman–Crippen MR) is 61.1 cm³/mol. The number of carbonyl (C=O) groups excluding carboxylic acids is 1. The van der Waals surface area contributed by atoms with E-state index >= 15 is 0 Å². The average molecular weight is 199 g/mol. The summed E-state index contributed by atoms with van der Waals surface area (Å²) >= 11 is 0. The molecule has 2 nitrogen and oxygen atoms in total. The number of amides is 1. The molecule has 0 aliphatic heterocycles. The fourth-order valence-electron chi connectivity index (χ4n) is 1.91. The summed E-state index contributed by atoms with van der Waals surface area (Å²) in [6.07, 6.45) is 0.661. The van der Waals surface area contributed by atoms with Crippen LogP contribution in [0.25, 0.3) is 0 Å². The van der Waals surface area contributed by atoms with Crippen molar-refractivity contribution in [2.75, 3.05) is 14.1 Å². The Morgan fingerprint density at radius 3 is 1.86 bits per heavy atom. The van der Waals surface area contributed by atoms with E-state index in [1.807, 2.05) is 14.1 Å². The largest absolute Gasteiger partial charge is 0.349 e. The fourth-order valence-corrected chi connectivity index (χ4v) is 1.91. The Morgan fingerprint density at radius 1 is 1.21 bits per heavy atom. The van der Waals surface area contributed by atoms with Crippen molar-refractivity contribution in [1.82, 2.24) is 4.90 Å². The Hall–Kier alpha value is -0.530. The predicted octanol–water partition coefficient (Wildman–Crippen LogP) is 2.78. The highest BCUT2D eigenvalue weighted by molar-refractivity contribution is 5.75. The van der Waals surface area contributed by atoms with E-state index in [0.29, 0.717) is 18.3 Å². The Morgan fingerprint density at radius 2 is 1.64 bits per heavy atom. The second-order valence-electron chi connectivity index (χ2n) is 5.71. The minimum Gasteiger partial charge on any atom is -0.349 e. The van der Waals surface area contributed by atoms with Gasteiger partial charge in [0, 0.05) is 20.5 Å². The molecule has 0 N–H and O–H groups in total. The molecule has 1 amide bonds. The summed E-state index contributed by atoms with van der Waals surface area (Å²) in [6, 6.07) is 0. The lowest BCUT2D eigenvalue weighted by molar-refractivity contribution is -0.131. The van der Waals surface area contributed by atoms with Gasteiger partial charge in [-0.3, -0.25) is 4.79 Å². The lowest BCUT2D eigenvalue weighted by Gasteiger charge is -2.34. The van der Waals surface area contributed by atoms with Crippen molar-refractivity contribution >= 4 is 5.91 Å². The molecule has 0 aliphatic carbocycles. The summed E-state index contributed by atoms with van der Waals surface area (Å²) in [6.45, 7) is 11.0. The SMILES string of the molecule is CC(C)C(CC(=O)N(C)C)C(C)(C)C. The third-order valence-electron chi connectivity index (χ3n) is 2.81. The summed E-state index contributed by atoms with van der Waals surface area (Å²) in [5.41, 5.74) is 0.208. The Kier molecular flexibility index (Phi) is 4.63. The molecule has 0 spiro atoms. The van der Waals surface area contributed by atoms with Crippen molar-refractivity contribution in [3.8, 4) is 0 Å². The summed E-state index contributed by atoms with van der Waals surface area (Å²) < 4.78 is 0. The van der Waals surface area contributed by atoms with E-state index in [1.165, 1.54) is 0 Å². The highest BCUT2D eigenvalue weighted by atomic mass is 16.2. The zero-order chi connectivity index (χ0) is 11.5. The van der Waals surface area contributed by atoms with Crippen LogP contribution in [0.3, 0.4) is 0 Å². The van der Waals surface area contributed by atoms with Crippen LogP contribution in [-0.2, 0) is 4.79 Å². The van der Waals surface area contributed by atoms with Gasteiger partial charge in [0.25, 0.3) is 0 Å². The smallest absolute Gasteiger partial charge is 0.222 e. The van der Waals surface area contributed by atoms with Gasteiger partial charge in [-0.1, -0.05) is 34.6 Å². The third kappa shape index (κ3) is 4.12. The maximum Gasteiger partial charge on any atom is 0.222 e. The summed E-state index contributed by atoms with van der Waals surface area (Å²) in [5.74, 6) is 1.25. The first-order valence-electron chi connectivity index (χ1n) is 5.36. The Labute approximate surface area is 88.7 Å². The molecule has 1 atom stereocenters. The number of carbonyl (C=O) groups is 1. The summed E-state index contributed by atoms with van der Waals surface area (Å²) in [5, 5.41) is 0. The topological polar surface area (TPSA) is 20.3 Å². The molecule has 0 saturated carbocycles. The van der Waals surface area contributed by atoms with E-state index in [4.69, 9.17) is 0 Å². The van der Waals surface area contributed by atoms with Gasteiger partial charge in [-0.05, 0) is 17.3 Å². The molecule has 0 heterocycles. The van der Waals surface area contributed by atoms with Crippen LogP contribution in [0.4, 0.5) is 0 Å². The molecule has 0 aromatic rings. The van der Waals surface area contributed by atoms with E-state index in [9.17, 15) is 4.79 Å². The standard InChI is InChI=1S/C12H25NO/c1-9(2)10(12(3,4)5)8-11(14)13(6)7/h9-10H,8H2,1-7H3. The normalized spacial score (nSPS) is 14.3. The van der Waals surface area contributed by atoms with E-state index < -0.39 is 0 Å². The van der Waals surface area contributed by atoms with Gasteiger partial charge in [0.2, 0.25) is 5.91 Å². The number of rotatable bonds is 3. The lowest BCUT2D eigenvalue weighted by Crippen LogP contribution is -2.32. The van der Waals surface area contributed by atoms with Gasteiger partial charge >= 0.3 is 0 Å². The van der Waals surface area contributed by atoms with Gasteiger partial charge in [0.05, 0.1) is 0 Å². The maximum absolute atomic E-state index is 11.6. The van der Waals surface area contributed by atoms with Crippen molar-refractivity contribution in [3.05, 3.63) is 0 Å². The van der Waals surface area contributed by atoms with Crippen LogP contribution in [0.1, 0.15) is 41.0 Å². The van der Waals surface area contributed by atoms with Crippen molar-refractivity contribution in [1.29, 1.82) is 0 Å². The number of nitrogens with zero attached hydrogens (tertiary/aromatic N) is 1. The highest BCUT2D eigenvalue weighted by Gasteiger charge is 2.29. The summed E-state index contributed by atoms with van der Waals surface area (Å²) in [4.78, 5) is 13.3. The van der Waals surface area contributed by atoms with Crippen LogP contribution >= 0.6 is 0 Å². The van der Waals surface area contributed by atoms with Crippen LogP contribution in [0.5, 0.6) is 0 Å². The van der Waals surface area contributed by atoms with Crippen molar-refractivity contribution in [3.63, 3.8) is 0 Å². The lowest BCUT2D eigenvalue weighted by atomic mass is 9.72. The van der Waals surface area contributed by atoms with Crippen LogP contribution < -0.4 is 0 Å². The second kappa shape index (κ2) is 4.81. The van der Waals surface area contributed by atoms with Gasteiger partial charge in [0.1, 0.15) is 0 Å². The second-order valence-corrected chi connectivity index (χ2v) is 5.71. The van der Waals surface area contributed by atoms with E-state index in [-0.39, 0.29) is 11.3 Å². The average Bonchev–Trinajstić information content (AvgIpc) is 1.96. The molecule has 1 unspecified atom stereocenters. The molecule has 0 aromatic carbocycles. The molecule has 2 heteroatoms. The quantitative estimate of drug-likeness (QED) is 0.684. The van der Waals surface area contributed by atoms with Crippen molar-refractivity contribution in [2.24, 2.45) is 17.3 Å². The fraction of sp³-hybridized carbons (Fsp3) is 0.917. The molecule has 0 bridgehead atoms. The molecule has 14 heavy (non-hydrogen) atoms. The van der Waals surface area contributed by atoms with E-state index in [1.54, 1.807) is 4.90 Å². The van der Waals surface area contributed by atoms with Crippen LogP contribution in [-0.4, -0.2) is 24.9 Å². The summed E-state index contributed by atoms with van der Waals surface area (Å²) in [7, 11) is 3.64. The number of hydrogen-bond acceptors (Lipinski definition) is 1. The minimum atomic E-state index is 0.208. The Bertz CT molecular complexity index is 189. The molecule has 0 radical (unpaired) electrons. The zero-order valence-electron chi connectivity index (χ0n) is 10.7. The number of hydrogen-bond donors (Lipinski definition) is 0. The van der Waals surface area contributed by atoms with Gasteiger partial charge in [-0.2, -0.15) is 0 Å². The molecule has 0 fully saturated rings. The highest BCUT2D eigenvalue weighted by Crippen LogP contribution is 2.34. The molecular weight excluding hydrogens is 174 g/mol. The first kappa shape index (κ1) is 13.5. The molecule has 0 rings (SSSR count). The van der Waals surface area contributed by atoms with E-state index in [2.05, 4.69) is 34.6 Å². The first-order chi connectivity index (χ1) is 6.16. The van der Waals surface area contributed by atoms with Crippen LogP contribution in [0.2, 0.25) is 0 Å². The molecule has 0 aromatic heterocycles. The molecule has 0 aliphatic rings. The molecule has 84 valence electrons. The Balaban J connectivity index is 4.48. The van der Waals surface area contributed by atoms with E-state index in [0.717, 1.165) is 0 Å². The van der Waals surface area contributed by atoms with Gasteiger partial charge in [0.15, 0.2) is 0 Å². The third-order valence-corrected chi connectivity index (χ3v) is 2.81. The molecular formula is C12H25NO. The maximum atomic E-state index is 11.6. The van der Waals surface area contributed by atoms with Gasteiger partial charge in [-0.15, -0.1) is 0 Å². The van der Waals surface area contributed by atoms with Crippen LogP contribution in [0.15, 0.2) is 0 Å². The first-order valence-corrected chi connectivity index (χ1v) is 5.36.